The molecule has 2 N–H and O–H groups in total. The van der Waals surface area contributed by atoms with Crippen LogP contribution in [0.15, 0.2) is 65.0 Å². The Morgan fingerprint density at radius 3 is 2.47 bits per heavy atom. The molecule has 0 fully saturated rings. The minimum Gasteiger partial charge on any atom is -0.352 e. The van der Waals surface area contributed by atoms with Crippen LogP contribution in [0.1, 0.15) is 21.5 Å². The molecule has 0 saturated carbocycles. The first-order chi connectivity index (χ1) is 14.1. The third-order valence-corrected chi connectivity index (χ3v) is 6.21. The number of rotatable bonds is 7. The smallest absolute Gasteiger partial charge is 0.352 e. The normalized spacial score (nSPS) is 11.8. The number of amides is 1. The van der Waals surface area contributed by atoms with Crippen LogP contribution >= 0.6 is 11.3 Å². The van der Waals surface area contributed by atoms with Gasteiger partial charge < -0.3 is 5.32 Å². The molecule has 0 saturated heterocycles. The third-order valence-electron chi connectivity index (χ3n) is 4.03. The number of nitrogens with one attached hydrogen (secondary N) is 2. The molecule has 1 aromatic heterocycles. The van der Waals surface area contributed by atoms with Gasteiger partial charge in [-0.05, 0) is 42.3 Å². The Morgan fingerprint density at radius 1 is 1.10 bits per heavy atom. The van der Waals surface area contributed by atoms with Gasteiger partial charge in [0.25, 0.3) is 15.9 Å². The lowest BCUT2D eigenvalue weighted by atomic mass is 10.1. The van der Waals surface area contributed by atoms with Crippen molar-refractivity contribution in [1.82, 2.24) is 10.3 Å². The quantitative estimate of drug-likeness (QED) is 0.565. The lowest BCUT2D eigenvalue weighted by Gasteiger charge is -2.10. The largest absolute Gasteiger partial charge is 0.416 e. The number of carbonyl (C=O) groups is 1. The van der Waals surface area contributed by atoms with Crippen LogP contribution in [0.25, 0.3) is 0 Å². The van der Waals surface area contributed by atoms with Gasteiger partial charge in [0.1, 0.15) is 0 Å². The Balaban J connectivity index is 1.57. The highest BCUT2D eigenvalue weighted by Crippen LogP contribution is 2.29. The van der Waals surface area contributed by atoms with Crippen molar-refractivity contribution in [1.29, 1.82) is 0 Å². The summed E-state index contributed by atoms with van der Waals surface area (Å²) in [5, 5.41) is 4.46. The maximum absolute atomic E-state index is 12.7. The Labute approximate surface area is 174 Å². The van der Waals surface area contributed by atoms with Gasteiger partial charge in [0, 0.05) is 23.7 Å². The van der Waals surface area contributed by atoms with E-state index in [2.05, 4.69) is 15.0 Å². The first kappa shape index (κ1) is 21.8. The van der Waals surface area contributed by atoms with E-state index in [1.807, 2.05) is 0 Å². The van der Waals surface area contributed by atoms with Gasteiger partial charge >= 0.3 is 6.18 Å². The van der Waals surface area contributed by atoms with Crippen LogP contribution in [-0.4, -0.2) is 25.9 Å². The fourth-order valence-corrected chi connectivity index (χ4v) is 4.35. The number of nitrogens with zero attached hydrogens (tertiary/aromatic N) is 1. The lowest BCUT2D eigenvalue weighted by molar-refractivity contribution is -0.137. The zero-order valence-corrected chi connectivity index (χ0v) is 16.9. The molecule has 0 radical (unpaired) electrons. The van der Waals surface area contributed by atoms with Crippen molar-refractivity contribution in [2.24, 2.45) is 0 Å². The summed E-state index contributed by atoms with van der Waals surface area (Å²) >= 11 is 1.13. The number of hydrogen-bond donors (Lipinski definition) is 2. The second-order valence-electron chi connectivity index (χ2n) is 6.17. The molecule has 0 aliphatic rings. The molecule has 0 aliphatic carbocycles. The number of carbonyl (C=O) groups excluding carboxylic acids is 1. The molecule has 0 spiro atoms. The predicted octanol–water partition coefficient (Wildman–Crippen LogP) is 3.94. The maximum atomic E-state index is 12.7. The monoisotopic (exact) mass is 455 g/mol. The van der Waals surface area contributed by atoms with Crippen LogP contribution in [-0.2, 0) is 22.6 Å². The first-order valence-corrected chi connectivity index (χ1v) is 11.0. The first-order valence-electron chi connectivity index (χ1n) is 8.62. The molecular formula is C19H16F3N3O3S2. The van der Waals surface area contributed by atoms with Crippen molar-refractivity contribution in [3.05, 3.63) is 76.8 Å². The highest BCUT2D eigenvalue weighted by atomic mass is 32.2. The average Bonchev–Trinajstić information content (AvgIpc) is 3.20. The van der Waals surface area contributed by atoms with Gasteiger partial charge in [-0.2, -0.15) is 13.2 Å². The van der Waals surface area contributed by atoms with E-state index in [0.717, 1.165) is 23.5 Å². The lowest BCUT2D eigenvalue weighted by Crippen LogP contribution is -2.25. The average molecular weight is 455 g/mol. The molecule has 3 aromatic rings. The van der Waals surface area contributed by atoms with E-state index in [4.69, 9.17) is 0 Å². The summed E-state index contributed by atoms with van der Waals surface area (Å²) in [5.74, 6) is -0.459. The van der Waals surface area contributed by atoms with Crippen LogP contribution in [0.4, 0.5) is 18.3 Å². The molecule has 0 bridgehead atoms. The molecule has 30 heavy (non-hydrogen) atoms. The SMILES string of the molecule is O=C(NCCc1cccc(C(F)(F)F)c1)c1ccc(S(=O)(=O)Nc2nccs2)cc1. The van der Waals surface area contributed by atoms with Crippen LogP contribution in [0.3, 0.4) is 0 Å². The van der Waals surface area contributed by atoms with E-state index in [9.17, 15) is 26.4 Å². The summed E-state index contributed by atoms with van der Waals surface area (Å²) in [6.45, 7) is 0.131. The number of hydrogen-bond acceptors (Lipinski definition) is 5. The number of aromatic nitrogens is 1. The number of alkyl halides is 3. The second-order valence-corrected chi connectivity index (χ2v) is 8.75. The molecule has 0 unspecified atom stereocenters. The number of benzene rings is 2. The third kappa shape index (κ3) is 5.57. The van der Waals surface area contributed by atoms with Crippen LogP contribution in [0.5, 0.6) is 0 Å². The Hall–Kier alpha value is -2.92. The van der Waals surface area contributed by atoms with Crippen molar-refractivity contribution in [2.75, 3.05) is 11.3 Å². The minimum absolute atomic E-state index is 0.0294. The zero-order chi connectivity index (χ0) is 21.8. The van der Waals surface area contributed by atoms with Crippen molar-refractivity contribution >= 4 is 32.4 Å². The Bertz CT molecular complexity index is 1110. The van der Waals surface area contributed by atoms with E-state index in [0.29, 0.717) is 5.56 Å². The predicted molar refractivity (Wildman–Crippen MR) is 107 cm³/mol. The van der Waals surface area contributed by atoms with Crippen molar-refractivity contribution in [2.45, 2.75) is 17.5 Å². The molecule has 158 valence electrons. The second kappa shape index (κ2) is 8.84. The summed E-state index contributed by atoms with van der Waals surface area (Å²) < 4.78 is 65.1. The summed E-state index contributed by atoms with van der Waals surface area (Å²) in [4.78, 5) is 16.0. The molecule has 1 amide bonds. The standard InChI is InChI=1S/C19H16F3N3O3S2/c20-19(21,22)15-3-1-2-13(12-15)8-9-23-17(26)14-4-6-16(7-5-14)30(27,28)25-18-24-10-11-29-18/h1-7,10-12H,8-9H2,(H,23,26)(H,24,25). The summed E-state index contributed by atoms with van der Waals surface area (Å²) in [6.07, 6.45) is -2.73. The highest BCUT2D eigenvalue weighted by Gasteiger charge is 2.30. The number of thiazole rings is 1. The molecule has 6 nitrogen and oxygen atoms in total. The molecular weight excluding hydrogens is 439 g/mol. The molecule has 1 heterocycles. The molecule has 0 aliphatic heterocycles. The van der Waals surface area contributed by atoms with Crippen LogP contribution in [0.2, 0.25) is 0 Å². The van der Waals surface area contributed by atoms with E-state index in [1.54, 1.807) is 11.4 Å². The Kier molecular flexibility index (Phi) is 6.42. The summed E-state index contributed by atoms with van der Waals surface area (Å²) in [6, 6.07) is 10.2. The van der Waals surface area contributed by atoms with Gasteiger partial charge in [-0.25, -0.2) is 13.4 Å². The minimum atomic E-state index is -4.42. The topological polar surface area (TPSA) is 88.2 Å². The summed E-state index contributed by atoms with van der Waals surface area (Å²) in [5.41, 5.74) is -0.0680. The van der Waals surface area contributed by atoms with Crippen molar-refractivity contribution < 1.29 is 26.4 Å². The van der Waals surface area contributed by atoms with Gasteiger partial charge in [0.15, 0.2) is 5.13 Å². The molecule has 11 heteroatoms. The highest BCUT2D eigenvalue weighted by molar-refractivity contribution is 7.93. The summed E-state index contributed by atoms with van der Waals surface area (Å²) in [7, 11) is -3.82. The van der Waals surface area contributed by atoms with Gasteiger partial charge in [-0.3, -0.25) is 9.52 Å². The fraction of sp³-hybridized carbons (Fsp3) is 0.158. The zero-order valence-electron chi connectivity index (χ0n) is 15.3. The van der Waals surface area contributed by atoms with Gasteiger partial charge in [0.2, 0.25) is 0 Å². The van der Waals surface area contributed by atoms with Gasteiger partial charge in [-0.1, -0.05) is 18.2 Å². The fourth-order valence-electron chi connectivity index (χ4n) is 2.56. The number of anilines is 1. The van der Waals surface area contributed by atoms with E-state index in [1.165, 1.54) is 36.5 Å². The number of sulfonamides is 1. The molecule has 0 atom stereocenters. The van der Waals surface area contributed by atoms with Gasteiger partial charge in [-0.15, -0.1) is 11.3 Å². The maximum Gasteiger partial charge on any atom is 0.416 e. The van der Waals surface area contributed by atoms with Gasteiger partial charge in [0.05, 0.1) is 10.5 Å². The van der Waals surface area contributed by atoms with Crippen molar-refractivity contribution in [3.63, 3.8) is 0 Å². The molecule has 3 rings (SSSR count). The van der Waals surface area contributed by atoms with Crippen molar-refractivity contribution in [3.8, 4) is 0 Å². The Morgan fingerprint density at radius 2 is 1.83 bits per heavy atom. The van der Waals surface area contributed by atoms with E-state index >= 15 is 0 Å². The number of halogens is 3. The van der Waals surface area contributed by atoms with E-state index < -0.39 is 27.7 Å². The van der Waals surface area contributed by atoms with Crippen LogP contribution < -0.4 is 10.0 Å². The van der Waals surface area contributed by atoms with Crippen LogP contribution in [0, 0.1) is 0 Å². The van der Waals surface area contributed by atoms with E-state index in [-0.39, 0.29) is 28.6 Å². The molecule has 2 aromatic carbocycles.